The van der Waals surface area contributed by atoms with Gasteiger partial charge >= 0.3 is 5.69 Å². The van der Waals surface area contributed by atoms with Crippen molar-refractivity contribution in [1.29, 1.82) is 0 Å². The van der Waals surface area contributed by atoms with Crippen LogP contribution in [0.4, 0.5) is 0 Å². The summed E-state index contributed by atoms with van der Waals surface area (Å²) in [6.07, 6.45) is 0. The Morgan fingerprint density at radius 3 is 2.18 bits per heavy atom. The number of rotatable bonds is 2. The molecule has 6 heteroatoms. The molecule has 0 radical (unpaired) electrons. The minimum atomic E-state index is -0.202. The van der Waals surface area contributed by atoms with E-state index in [1.165, 1.54) is 0 Å². The molecule has 2 aromatic heterocycles. The summed E-state index contributed by atoms with van der Waals surface area (Å²) < 4.78 is 4.12. The van der Waals surface area contributed by atoms with Gasteiger partial charge in [0.1, 0.15) is 0 Å². The molecule has 5 rings (SSSR count). The van der Waals surface area contributed by atoms with Gasteiger partial charge in [0.05, 0.1) is 22.4 Å². The summed E-state index contributed by atoms with van der Waals surface area (Å²) in [5.41, 5.74) is 4.98. The minimum Gasteiger partial charge on any atom is -0.247 e. The highest BCUT2D eigenvalue weighted by atomic mass is 79.9. The number of para-hydroxylation sites is 1. The zero-order chi connectivity index (χ0) is 19.3. The largest absolute Gasteiger partial charge is 0.340 e. The number of halogens is 1. The van der Waals surface area contributed by atoms with Gasteiger partial charge in [-0.25, -0.2) is 23.9 Å². The van der Waals surface area contributed by atoms with Crippen molar-refractivity contribution in [3.63, 3.8) is 0 Å². The minimum absolute atomic E-state index is 0.202. The third-order valence-electron chi connectivity index (χ3n) is 4.67. The van der Waals surface area contributed by atoms with E-state index in [9.17, 15) is 4.79 Å². The standard InChI is InChI=1S/C22H15BrN4O/c1-14-10-11-18-19(12-14)25-21-20(24-18)27(17-9-5-6-15(23)13-17)22(28)26(21)16-7-3-2-4-8-16/h2-13H,1H3. The van der Waals surface area contributed by atoms with Gasteiger partial charge in [-0.2, -0.15) is 0 Å². The molecule has 0 N–H and O–H groups in total. The fourth-order valence-corrected chi connectivity index (χ4v) is 3.77. The van der Waals surface area contributed by atoms with Crippen molar-refractivity contribution < 1.29 is 0 Å². The molecule has 0 aliphatic carbocycles. The summed E-state index contributed by atoms with van der Waals surface area (Å²) in [6, 6.07) is 23.1. The normalized spacial score (nSPS) is 11.4. The molecule has 0 fully saturated rings. The van der Waals surface area contributed by atoms with Crippen LogP contribution in [0.5, 0.6) is 0 Å². The number of nitrogens with zero attached hydrogens (tertiary/aromatic N) is 4. The summed E-state index contributed by atoms with van der Waals surface area (Å²) in [4.78, 5) is 23.1. The second kappa shape index (κ2) is 6.42. The highest BCUT2D eigenvalue weighted by Crippen LogP contribution is 2.23. The van der Waals surface area contributed by atoms with E-state index in [2.05, 4.69) is 15.9 Å². The van der Waals surface area contributed by atoms with Gasteiger partial charge in [0.15, 0.2) is 11.3 Å². The smallest absolute Gasteiger partial charge is 0.247 e. The van der Waals surface area contributed by atoms with Crippen molar-refractivity contribution >= 4 is 38.3 Å². The van der Waals surface area contributed by atoms with Gasteiger partial charge in [-0.15, -0.1) is 0 Å². The Hall–Kier alpha value is -3.25. The lowest BCUT2D eigenvalue weighted by molar-refractivity contribution is 0.922. The molecule has 0 atom stereocenters. The maximum absolute atomic E-state index is 13.5. The van der Waals surface area contributed by atoms with Crippen LogP contribution in [0.2, 0.25) is 0 Å². The van der Waals surface area contributed by atoms with Crippen molar-refractivity contribution in [2.45, 2.75) is 6.92 Å². The van der Waals surface area contributed by atoms with Crippen LogP contribution in [0.1, 0.15) is 5.56 Å². The fourth-order valence-electron chi connectivity index (χ4n) is 3.38. The zero-order valence-corrected chi connectivity index (χ0v) is 16.6. The maximum atomic E-state index is 13.5. The van der Waals surface area contributed by atoms with E-state index >= 15 is 0 Å². The molecule has 0 spiro atoms. The molecule has 0 saturated carbocycles. The van der Waals surface area contributed by atoms with Crippen LogP contribution in [-0.2, 0) is 0 Å². The Morgan fingerprint density at radius 1 is 0.750 bits per heavy atom. The van der Waals surface area contributed by atoms with Gasteiger partial charge in [0.2, 0.25) is 0 Å². The average molecular weight is 431 g/mol. The van der Waals surface area contributed by atoms with Crippen molar-refractivity contribution in [3.8, 4) is 11.4 Å². The molecule has 136 valence electrons. The first-order valence-electron chi connectivity index (χ1n) is 8.85. The van der Waals surface area contributed by atoms with Crippen molar-refractivity contribution in [2.75, 3.05) is 0 Å². The molecule has 0 saturated heterocycles. The van der Waals surface area contributed by atoms with Crippen LogP contribution >= 0.6 is 15.9 Å². The molecule has 3 aromatic carbocycles. The first kappa shape index (κ1) is 16.9. The van der Waals surface area contributed by atoms with Gasteiger partial charge in [-0.1, -0.05) is 46.3 Å². The summed E-state index contributed by atoms with van der Waals surface area (Å²) >= 11 is 3.49. The molecule has 0 bridgehead atoms. The maximum Gasteiger partial charge on any atom is 0.340 e. The third kappa shape index (κ3) is 2.65. The van der Waals surface area contributed by atoms with Crippen LogP contribution in [0, 0.1) is 6.92 Å². The zero-order valence-electron chi connectivity index (χ0n) is 15.0. The predicted molar refractivity (Wildman–Crippen MR) is 114 cm³/mol. The monoisotopic (exact) mass is 430 g/mol. The Labute approximate surface area is 169 Å². The summed E-state index contributed by atoms with van der Waals surface area (Å²) in [6.45, 7) is 2.02. The number of hydrogen-bond donors (Lipinski definition) is 0. The lowest BCUT2D eigenvalue weighted by Crippen LogP contribution is -2.22. The van der Waals surface area contributed by atoms with Crippen LogP contribution in [0.15, 0.2) is 82.1 Å². The Balaban J connectivity index is 1.96. The molecule has 5 aromatic rings. The topological polar surface area (TPSA) is 52.7 Å². The van der Waals surface area contributed by atoms with Gasteiger partial charge in [0, 0.05) is 4.47 Å². The van der Waals surface area contributed by atoms with Gasteiger partial charge in [-0.05, 0) is 55.0 Å². The molecule has 0 aliphatic rings. The van der Waals surface area contributed by atoms with Gasteiger partial charge < -0.3 is 0 Å². The van der Waals surface area contributed by atoms with Crippen molar-refractivity contribution in [3.05, 3.63) is 93.3 Å². The SMILES string of the molecule is Cc1ccc2nc3c(nc2c1)n(-c1ccccc1)c(=O)n3-c1cccc(Br)c1. The van der Waals surface area contributed by atoms with Gasteiger partial charge in [-0.3, -0.25) is 0 Å². The number of imidazole rings is 1. The highest BCUT2D eigenvalue weighted by Gasteiger charge is 2.19. The molecule has 0 amide bonds. The number of fused-ring (bicyclic) bond motifs is 2. The number of aryl methyl sites for hydroxylation is 1. The Kier molecular flexibility index (Phi) is 3.87. The molecular weight excluding hydrogens is 416 g/mol. The van der Waals surface area contributed by atoms with E-state index in [1.807, 2.05) is 79.7 Å². The van der Waals surface area contributed by atoms with Crippen LogP contribution in [0.3, 0.4) is 0 Å². The molecule has 5 nitrogen and oxygen atoms in total. The summed E-state index contributed by atoms with van der Waals surface area (Å²) in [7, 11) is 0. The third-order valence-corrected chi connectivity index (χ3v) is 5.16. The number of aromatic nitrogens is 4. The van der Waals surface area contributed by atoms with Crippen molar-refractivity contribution in [2.24, 2.45) is 0 Å². The average Bonchev–Trinajstić information content (AvgIpc) is 2.97. The molecule has 2 heterocycles. The highest BCUT2D eigenvalue weighted by molar-refractivity contribution is 9.10. The summed E-state index contributed by atoms with van der Waals surface area (Å²) in [5.74, 6) is 0. The Bertz CT molecular complexity index is 1400. The molecule has 0 aliphatic heterocycles. The van der Waals surface area contributed by atoms with E-state index in [0.717, 1.165) is 32.4 Å². The van der Waals surface area contributed by atoms with Crippen LogP contribution in [-0.4, -0.2) is 19.1 Å². The molecular formula is C22H15BrN4O. The van der Waals surface area contributed by atoms with E-state index in [1.54, 1.807) is 9.13 Å². The van der Waals surface area contributed by atoms with Crippen LogP contribution < -0.4 is 5.69 Å². The van der Waals surface area contributed by atoms with E-state index in [-0.39, 0.29) is 5.69 Å². The van der Waals surface area contributed by atoms with Crippen molar-refractivity contribution in [1.82, 2.24) is 19.1 Å². The number of hydrogen-bond acceptors (Lipinski definition) is 3. The molecule has 0 unspecified atom stereocenters. The van der Waals surface area contributed by atoms with Crippen LogP contribution in [0.25, 0.3) is 33.7 Å². The van der Waals surface area contributed by atoms with Gasteiger partial charge in [0.25, 0.3) is 0 Å². The lowest BCUT2D eigenvalue weighted by Gasteiger charge is -2.04. The molecule has 28 heavy (non-hydrogen) atoms. The lowest BCUT2D eigenvalue weighted by atomic mass is 10.2. The predicted octanol–water partition coefficient (Wildman–Crippen LogP) is 4.80. The fraction of sp³-hybridized carbons (Fsp3) is 0.0455. The first-order valence-corrected chi connectivity index (χ1v) is 9.64. The summed E-state index contributed by atoms with van der Waals surface area (Å²) in [5, 5.41) is 0. The van der Waals surface area contributed by atoms with E-state index in [0.29, 0.717) is 11.3 Å². The van der Waals surface area contributed by atoms with E-state index < -0.39 is 0 Å². The second-order valence-corrected chi connectivity index (χ2v) is 7.55. The quantitative estimate of drug-likeness (QED) is 0.404. The van der Waals surface area contributed by atoms with E-state index in [4.69, 9.17) is 9.97 Å². The number of benzene rings is 3. The first-order chi connectivity index (χ1) is 13.6. The Morgan fingerprint density at radius 2 is 1.43 bits per heavy atom. The second-order valence-electron chi connectivity index (χ2n) is 6.63.